The van der Waals surface area contributed by atoms with Crippen molar-refractivity contribution in [2.75, 3.05) is 5.32 Å². The van der Waals surface area contributed by atoms with E-state index in [0.717, 1.165) is 24.3 Å². The lowest BCUT2D eigenvalue weighted by atomic mass is 9.81. The molecule has 2 aliphatic carbocycles. The molecule has 1 N–H and O–H groups in total. The molecule has 0 radical (unpaired) electrons. The van der Waals surface area contributed by atoms with Gasteiger partial charge in [0.05, 0.1) is 0 Å². The predicted molar refractivity (Wildman–Crippen MR) is 83.8 cm³/mol. The van der Waals surface area contributed by atoms with E-state index in [0.29, 0.717) is 6.04 Å². The van der Waals surface area contributed by atoms with Crippen LogP contribution in [0.1, 0.15) is 64.7 Å². The summed E-state index contributed by atoms with van der Waals surface area (Å²) < 4.78 is 2.33. The maximum Gasteiger partial charge on any atom is 0.202 e. The molecule has 0 aliphatic heterocycles. The van der Waals surface area contributed by atoms with Crippen molar-refractivity contribution < 1.29 is 0 Å². The van der Waals surface area contributed by atoms with Crippen LogP contribution < -0.4 is 5.32 Å². The number of hydrogen-bond acceptors (Lipinski definition) is 2. The van der Waals surface area contributed by atoms with E-state index in [4.69, 9.17) is 0 Å². The lowest BCUT2D eigenvalue weighted by Crippen LogP contribution is -2.19. The zero-order chi connectivity index (χ0) is 13.8. The number of imidazole rings is 1. The van der Waals surface area contributed by atoms with Gasteiger partial charge in [-0.1, -0.05) is 39.0 Å². The van der Waals surface area contributed by atoms with Crippen LogP contribution in [0.3, 0.4) is 0 Å². The van der Waals surface area contributed by atoms with Crippen LogP contribution in [0.25, 0.3) is 0 Å². The van der Waals surface area contributed by atoms with Crippen molar-refractivity contribution in [1.82, 2.24) is 9.55 Å². The molecule has 3 rings (SSSR count). The Bertz CT molecular complexity index is 406. The minimum absolute atomic E-state index is 0.658. The average Bonchev–Trinajstić information content (AvgIpc) is 3.09. The van der Waals surface area contributed by atoms with E-state index in [9.17, 15) is 0 Å². The molecule has 2 unspecified atom stereocenters. The lowest BCUT2D eigenvalue weighted by Gasteiger charge is -2.27. The van der Waals surface area contributed by atoms with Crippen molar-refractivity contribution in [3.05, 3.63) is 12.4 Å². The molecule has 0 bridgehead atoms. The smallest absolute Gasteiger partial charge is 0.202 e. The van der Waals surface area contributed by atoms with E-state index in [2.05, 4.69) is 28.0 Å². The van der Waals surface area contributed by atoms with Gasteiger partial charge in [0.15, 0.2) is 0 Å². The Morgan fingerprint density at radius 1 is 1.20 bits per heavy atom. The van der Waals surface area contributed by atoms with Crippen molar-refractivity contribution in [2.45, 2.75) is 77.3 Å². The van der Waals surface area contributed by atoms with Crippen LogP contribution in [0.5, 0.6) is 0 Å². The zero-order valence-electron chi connectivity index (χ0n) is 12.9. The van der Waals surface area contributed by atoms with Crippen LogP contribution in [0.2, 0.25) is 0 Å². The van der Waals surface area contributed by atoms with Crippen molar-refractivity contribution in [3.63, 3.8) is 0 Å². The largest absolute Gasteiger partial charge is 0.353 e. The Morgan fingerprint density at radius 2 is 2.05 bits per heavy atom. The molecule has 1 aromatic rings. The van der Waals surface area contributed by atoms with Gasteiger partial charge in [0.2, 0.25) is 5.95 Å². The molecule has 2 aliphatic rings. The molecule has 0 saturated heterocycles. The van der Waals surface area contributed by atoms with Gasteiger partial charge in [0.1, 0.15) is 0 Å². The van der Waals surface area contributed by atoms with Crippen molar-refractivity contribution >= 4 is 5.95 Å². The van der Waals surface area contributed by atoms with Gasteiger partial charge in [-0.15, -0.1) is 0 Å². The van der Waals surface area contributed by atoms with Gasteiger partial charge < -0.3 is 9.88 Å². The number of nitrogens with one attached hydrogen (secondary N) is 1. The van der Waals surface area contributed by atoms with Gasteiger partial charge >= 0.3 is 0 Å². The normalized spacial score (nSPS) is 27.9. The molecule has 3 nitrogen and oxygen atoms in total. The van der Waals surface area contributed by atoms with Crippen molar-refractivity contribution in [1.29, 1.82) is 0 Å². The molecule has 0 spiro atoms. The summed E-state index contributed by atoms with van der Waals surface area (Å²) in [6, 6.07) is 0.658. The molecule has 1 heterocycles. The highest BCUT2D eigenvalue weighted by molar-refractivity contribution is 5.27. The second-order valence-corrected chi connectivity index (χ2v) is 7.00. The van der Waals surface area contributed by atoms with E-state index in [-0.39, 0.29) is 0 Å². The molecule has 1 aromatic heterocycles. The standard InChI is InChI=1S/C17H29N3/c1-14-5-4-6-15(13-14)9-11-20-12-10-18-17(20)19-16-7-2-3-8-16/h10,12,14-16H,2-9,11,13H2,1H3,(H,18,19). The van der Waals surface area contributed by atoms with Crippen LogP contribution >= 0.6 is 0 Å². The maximum atomic E-state index is 4.51. The molecule has 0 amide bonds. The average molecular weight is 275 g/mol. The second kappa shape index (κ2) is 6.64. The van der Waals surface area contributed by atoms with Gasteiger partial charge in [-0.3, -0.25) is 0 Å². The van der Waals surface area contributed by atoms with E-state index in [1.807, 2.05) is 6.20 Å². The van der Waals surface area contributed by atoms with E-state index < -0.39 is 0 Å². The van der Waals surface area contributed by atoms with Gasteiger partial charge in [0, 0.05) is 25.0 Å². The number of aryl methyl sites for hydroxylation is 1. The number of rotatable bonds is 5. The molecular weight excluding hydrogens is 246 g/mol. The lowest BCUT2D eigenvalue weighted by molar-refractivity contribution is 0.261. The van der Waals surface area contributed by atoms with Gasteiger partial charge in [-0.2, -0.15) is 0 Å². The van der Waals surface area contributed by atoms with Crippen LogP contribution in [0, 0.1) is 11.8 Å². The third-order valence-corrected chi connectivity index (χ3v) is 5.23. The first kappa shape index (κ1) is 14.0. The first-order chi connectivity index (χ1) is 9.81. The topological polar surface area (TPSA) is 29.9 Å². The quantitative estimate of drug-likeness (QED) is 0.860. The van der Waals surface area contributed by atoms with E-state index in [1.54, 1.807) is 0 Å². The van der Waals surface area contributed by atoms with Crippen LogP contribution in [0.4, 0.5) is 5.95 Å². The van der Waals surface area contributed by atoms with Crippen LogP contribution in [-0.2, 0) is 6.54 Å². The summed E-state index contributed by atoms with van der Waals surface area (Å²) in [6.45, 7) is 3.54. The fourth-order valence-electron chi connectivity index (χ4n) is 4.03. The molecule has 0 aromatic carbocycles. The van der Waals surface area contributed by atoms with Gasteiger partial charge in [0.25, 0.3) is 0 Å². The third kappa shape index (κ3) is 3.56. The van der Waals surface area contributed by atoms with Gasteiger partial charge in [-0.05, 0) is 37.5 Å². The molecule has 2 atom stereocenters. The molecule has 3 heteroatoms. The second-order valence-electron chi connectivity index (χ2n) is 7.00. The summed E-state index contributed by atoms with van der Waals surface area (Å²) in [6.07, 6.45) is 16.5. The van der Waals surface area contributed by atoms with Crippen molar-refractivity contribution in [2.24, 2.45) is 11.8 Å². The van der Waals surface area contributed by atoms with Crippen molar-refractivity contribution in [3.8, 4) is 0 Å². The Labute approximate surface area is 123 Å². The predicted octanol–water partition coefficient (Wildman–Crippen LogP) is 4.45. The number of aromatic nitrogens is 2. The Hall–Kier alpha value is -0.990. The zero-order valence-corrected chi connectivity index (χ0v) is 12.9. The molecule has 2 saturated carbocycles. The van der Waals surface area contributed by atoms with Gasteiger partial charge in [-0.25, -0.2) is 4.98 Å². The molecule has 20 heavy (non-hydrogen) atoms. The molecule has 112 valence electrons. The first-order valence-electron chi connectivity index (χ1n) is 8.59. The summed E-state index contributed by atoms with van der Waals surface area (Å²) in [5.41, 5.74) is 0. The van der Waals surface area contributed by atoms with Crippen LogP contribution in [-0.4, -0.2) is 15.6 Å². The fourth-order valence-corrected chi connectivity index (χ4v) is 4.03. The number of anilines is 1. The Kier molecular flexibility index (Phi) is 4.64. The summed E-state index contributed by atoms with van der Waals surface area (Å²) >= 11 is 0. The summed E-state index contributed by atoms with van der Waals surface area (Å²) in [5, 5.41) is 3.64. The Morgan fingerprint density at radius 3 is 2.85 bits per heavy atom. The highest BCUT2D eigenvalue weighted by Gasteiger charge is 2.20. The minimum Gasteiger partial charge on any atom is -0.353 e. The highest BCUT2D eigenvalue weighted by Crippen LogP contribution is 2.31. The highest BCUT2D eigenvalue weighted by atomic mass is 15.2. The van der Waals surface area contributed by atoms with Crippen LogP contribution in [0.15, 0.2) is 12.4 Å². The monoisotopic (exact) mass is 275 g/mol. The number of hydrogen-bond donors (Lipinski definition) is 1. The maximum absolute atomic E-state index is 4.51. The molecule has 2 fully saturated rings. The Balaban J connectivity index is 1.50. The van der Waals surface area contributed by atoms with E-state index in [1.165, 1.54) is 57.8 Å². The SMILES string of the molecule is CC1CCCC(CCn2ccnc2NC2CCCC2)C1. The first-order valence-corrected chi connectivity index (χ1v) is 8.59. The fraction of sp³-hybridized carbons (Fsp3) is 0.824. The van der Waals surface area contributed by atoms with E-state index >= 15 is 0 Å². The number of nitrogens with zero attached hydrogens (tertiary/aromatic N) is 2. The summed E-state index contributed by atoms with van der Waals surface area (Å²) in [7, 11) is 0. The summed E-state index contributed by atoms with van der Waals surface area (Å²) in [4.78, 5) is 4.51. The third-order valence-electron chi connectivity index (χ3n) is 5.23. The summed E-state index contributed by atoms with van der Waals surface area (Å²) in [5.74, 6) is 2.97. The minimum atomic E-state index is 0.658. The molecular formula is C17H29N3.